The van der Waals surface area contributed by atoms with E-state index in [9.17, 15) is 9.59 Å². The Kier molecular flexibility index (Phi) is 5.57. The fourth-order valence-electron chi connectivity index (χ4n) is 3.44. The Balaban J connectivity index is 1.51. The number of hydrogen-bond donors (Lipinski definition) is 2. The van der Waals surface area contributed by atoms with Gasteiger partial charge in [-0.2, -0.15) is 0 Å². The molecule has 0 aliphatic carbocycles. The maximum atomic E-state index is 13.1. The molecule has 7 heteroatoms. The van der Waals surface area contributed by atoms with Crippen LogP contribution >= 0.6 is 11.3 Å². The Morgan fingerprint density at radius 1 is 1.03 bits per heavy atom. The van der Waals surface area contributed by atoms with Crippen molar-refractivity contribution in [2.24, 2.45) is 0 Å². The highest BCUT2D eigenvalue weighted by Crippen LogP contribution is 2.29. The Morgan fingerprint density at radius 3 is 2.24 bits per heavy atom. The average molecular weight is 407 g/mol. The maximum Gasteiger partial charge on any atom is 0.318 e. The summed E-state index contributed by atoms with van der Waals surface area (Å²) in [5.41, 5.74) is 3.04. The number of thiazole rings is 1. The minimum atomic E-state index is -0.220. The minimum Gasteiger partial charge on any atom is -0.327 e. The lowest BCUT2D eigenvalue weighted by atomic mass is 9.99. The summed E-state index contributed by atoms with van der Waals surface area (Å²) in [4.78, 5) is 31.6. The molecule has 0 radical (unpaired) electrons. The van der Waals surface area contributed by atoms with Crippen LogP contribution in [0.4, 0.5) is 9.93 Å². The van der Waals surface area contributed by atoms with Crippen LogP contribution in [0.2, 0.25) is 0 Å². The molecule has 0 saturated carbocycles. The second kappa shape index (κ2) is 8.45. The van der Waals surface area contributed by atoms with Crippen molar-refractivity contribution in [3.8, 4) is 0 Å². The first-order valence-corrected chi connectivity index (χ1v) is 10.3. The number of carbonyl (C=O) groups is 2. The monoisotopic (exact) mass is 406 g/mol. The quantitative estimate of drug-likeness (QED) is 0.689. The molecule has 4 rings (SSSR count). The van der Waals surface area contributed by atoms with Gasteiger partial charge in [0.05, 0.1) is 18.3 Å². The summed E-state index contributed by atoms with van der Waals surface area (Å²) in [6.45, 7) is 2.56. The van der Waals surface area contributed by atoms with Crippen molar-refractivity contribution in [1.29, 1.82) is 0 Å². The van der Waals surface area contributed by atoms with Gasteiger partial charge in [0.25, 0.3) is 0 Å². The van der Waals surface area contributed by atoms with Gasteiger partial charge in [-0.15, -0.1) is 0 Å². The van der Waals surface area contributed by atoms with Crippen LogP contribution in [0.3, 0.4) is 0 Å². The van der Waals surface area contributed by atoms with E-state index >= 15 is 0 Å². The minimum absolute atomic E-state index is 0.108. The van der Waals surface area contributed by atoms with E-state index in [0.29, 0.717) is 24.6 Å². The summed E-state index contributed by atoms with van der Waals surface area (Å²) in [5.74, 6) is -0.140. The first-order valence-electron chi connectivity index (χ1n) is 9.51. The van der Waals surface area contributed by atoms with Crippen LogP contribution in [0.15, 0.2) is 60.7 Å². The standard InChI is InChI=1S/C22H22N4O2S/c1-15(27)23-21-24-18-12-13-26(14-19(18)29-21)22(28)25-20(16-8-4-2-5-9-16)17-10-6-3-7-11-17/h2-11,20H,12-14H2,1H3,(H,25,28)(H,23,24,27). The van der Waals surface area contributed by atoms with Gasteiger partial charge in [0, 0.05) is 24.8 Å². The summed E-state index contributed by atoms with van der Waals surface area (Å²) < 4.78 is 0. The van der Waals surface area contributed by atoms with Gasteiger partial charge in [0.15, 0.2) is 5.13 Å². The zero-order valence-corrected chi connectivity index (χ0v) is 16.9. The van der Waals surface area contributed by atoms with Crippen LogP contribution in [0.5, 0.6) is 0 Å². The number of nitrogens with zero attached hydrogens (tertiary/aromatic N) is 2. The predicted octanol–water partition coefficient (Wildman–Crippen LogP) is 3.96. The van der Waals surface area contributed by atoms with Crippen LogP contribution in [-0.4, -0.2) is 28.4 Å². The molecule has 1 aliphatic rings. The van der Waals surface area contributed by atoms with Crippen molar-refractivity contribution in [3.63, 3.8) is 0 Å². The average Bonchev–Trinajstić information content (AvgIpc) is 3.13. The lowest BCUT2D eigenvalue weighted by Gasteiger charge is -2.29. The molecule has 6 nitrogen and oxygen atoms in total. The van der Waals surface area contributed by atoms with Crippen LogP contribution in [0.1, 0.15) is 34.7 Å². The van der Waals surface area contributed by atoms with Crippen molar-refractivity contribution >= 4 is 28.4 Å². The molecule has 0 spiro atoms. The Labute approximate surface area is 173 Å². The SMILES string of the molecule is CC(=O)Nc1nc2c(s1)CN(C(=O)NC(c1ccccc1)c1ccccc1)CC2. The van der Waals surface area contributed by atoms with Crippen molar-refractivity contribution < 1.29 is 9.59 Å². The zero-order valence-electron chi connectivity index (χ0n) is 16.1. The van der Waals surface area contributed by atoms with E-state index in [2.05, 4.69) is 15.6 Å². The van der Waals surface area contributed by atoms with Gasteiger partial charge >= 0.3 is 6.03 Å². The topological polar surface area (TPSA) is 74.3 Å². The van der Waals surface area contributed by atoms with E-state index in [4.69, 9.17) is 0 Å². The zero-order chi connectivity index (χ0) is 20.2. The number of rotatable bonds is 4. The normalized spacial score (nSPS) is 13.1. The molecule has 2 aromatic carbocycles. The lowest BCUT2D eigenvalue weighted by molar-refractivity contribution is -0.114. The molecule has 1 aliphatic heterocycles. The second-order valence-electron chi connectivity index (χ2n) is 6.95. The van der Waals surface area contributed by atoms with Crippen LogP contribution in [0, 0.1) is 0 Å². The Bertz CT molecular complexity index is 965. The molecule has 3 amide bonds. The van der Waals surface area contributed by atoms with Crippen molar-refractivity contribution in [3.05, 3.63) is 82.4 Å². The number of nitrogens with one attached hydrogen (secondary N) is 2. The molecule has 148 valence electrons. The van der Waals surface area contributed by atoms with Crippen LogP contribution < -0.4 is 10.6 Å². The summed E-state index contributed by atoms with van der Waals surface area (Å²) in [6, 6.07) is 19.6. The molecule has 0 atom stereocenters. The van der Waals surface area contributed by atoms with E-state index in [1.165, 1.54) is 18.3 Å². The summed E-state index contributed by atoms with van der Waals surface area (Å²) in [7, 11) is 0. The van der Waals surface area contributed by atoms with E-state index in [0.717, 1.165) is 21.7 Å². The summed E-state index contributed by atoms with van der Waals surface area (Å²) >= 11 is 1.43. The fourth-order valence-corrected chi connectivity index (χ4v) is 4.51. The molecular formula is C22H22N4O2S. The first kappa shape index (κ1) is 19.1. The highest BCUT2D eigenvalue weighted by molar-refractivity contribution is 7.15. The molecule has 1 aromatic heterocycles. The van der Waals surface area contributed by atoms with Crippen LogP contribution in [0.25, 0.3) is 0 Å². The molecule has 2 heterocycles. The number of benzene rings is 2. The molecule has 2 N–H and O–H groups in total. The molecular weight excluding hydrogens is 384 g/mol. The van der Waals surface area contributed by atoms with E-state index in [1.807, 2.05) is 60.7 Å². The summed E-state index contributed by atoms with van der Waals surface area (Å²) in [6.07, 6.45) is 0.681. The first-order chi connectivity index (χ1) is 14.1. The molecule has 0 saturated heterocycles. The highest BCUT2D eigenvalue weighted by atomic mass is 32.1. The third-order valence-corrected chi connectivity index (χ3v) is 5.83. The van der Waals surface area contributed by atoms with Crippen molar-refractivity contribution in [2.45, 2.75) is 25.9 Å². The summed E-state index contributed by atoms with van der Waals surface area (Å²) in [5, 5.41) is 6.51. The van der Waals surface area contributed by atoms with Gasteiger partial charge in [-0.05, 0) is 11.1 Å². The number of fused-ring (bicyclic) bond motifs is 1. The number of hydrogen-bond acceptors (Lipinski definition) is 4. The number of amides is 3. The Hall–Kier alpha value is -3.19. The third-order valence-electron chi connectivity index (χ3n) is 4.84. The molecule has 0 unspecified atom stereocenters. The number of urea groups is 1. The van der Waals surface area contributed by atoms with Gasteiger partial charge in [0.2, 0.25) is 5.91 Å². The number of carbonyl (C=O) groups excluding carboxylic acids is 2. The number of anilines is 1. The predicted molar refractivity (Wildman–Crippen MR) is 114 cm³/mol. The van der Waals surface area contributed by atoms with Gasteiger partial charge < -0.3 is 15.5 Å². The molecule has 0 bridgehead atoms. The fraction of sp³-hybridized carbons (Fsp3) is 0.227. The van der Waals surface area contributed by atoms with Gasteiger partial charge in [-0.1, -0.05) is 72.0 Å². The Morgan fingerprint density at radius 2 is 1.66 bits per heavy atom. The maximum absolute atomic E-state index is 13.1. The van der Waals surface area contributed by atoms with E-state index in [1.54, 1.807) is 4.90 Å². The molecule has 29 heavy (non-hydrogen) atoms. The lowest BCUT2D eigenvalue weighted by Crippen LogP contribution is -2.44. The van der Waals surface area contributed by atoms with Crippen molar-refractivity contribution in [2.75, 3.05) is 11.9 Å². The van der Waals surface area contributed by atoms with Crippen molar-refractivity contribution in [1.82, 2.24) is 15.2 Å². The second-order valence-corrected chi connectivity index (χ2v) is 8.03. The smallest absolute Gasteiger partial charge is 0.318 e. The van der Waals surface area contributed by atoms with Gasteiger partial charge in [0.1, 0.15) is 0 Å². The molecule has 0 fully saturated rings. The van der Waals surface area contributed by atoms with E-state index < -0.39 is 0 Å². The third kappa shape index (κ3) is 4.46. The van der Waals surface area contributed by atoms with Gasteiger partial charge in [-0.25, -0.2) is 9.78 Å². The highest BCUT2D eigenvalue weighted by Gasteiger charge is 2.26. The van der Waals surface area contributed by atoms with E-state index in [-0.39, 0.29) is 18.0 Å². The molecule has 3 aromatic rings. The number of aromatic nitrogens is 1. The van der Waals surface area contributed by atoms with Crippen LogP contribution in [-0.2, 0) is 17.8 Å². The van der Waals surface area contributed by atoms with Gasteiger partial charge in [-0.3, -0.25) is 4.79 Å². The largest absolute Gasteiger partial charge is 0.327 e.